The molecule has 1 aromatic heterocycles. The van der Waals surface area contributed by atoms with Gasteiger partial charge in [-0.2, -0.15) is 5.10 Å². The number of aliphatic hydroxyl groups is 1. The molecule has 0 unspecified atom stereocenters. The maximum Gasteiger partial charge on any atom is 0.140 e. The fraction of sp³-hybridized carbons (Fsp3) is 0.778. The summed E-state index contributed by atoms with van der Waals surface area (Å²) in [7, 11) is 0. The number of aromatic nitrogens is 3. The van der Waals surface area contributed by atoms with Crippen LogP contribution in [0.3, 0.4) is 0 Å². The van der Waals surface area contributed by atoms with E-state index in [1.165, 1.54) is 0 Å². The maximum absolute atomic E-state index is 8.87. The van der Waals surface area contributed by atoms with Crippen LogP contribution in [0.25, 0.3) is 0 Å². The van der Waals surface area contributed by atoms with Gasteiger partial charge in [-0.25, -0.2) is 9.67 Å². The van der Waals surface area contributed by atoms with Crippen molar-refractivity contribution in [2.75, 3.05) is 19.7 Å². The molecule has 0 spiro atoms. The number of hydrogen-bond donors (Lipinski definition) is 1. The van der Waals surface area contributed by atoms with E-state index in [2.05, 4.69) is 21.9 Å². The van der Waals surface area contributed by atoms with Gasteiger partial charge < -0.3 is 5.11 Å². The number of rotatable bonds is 4. The van der Waals surface area contributed by atoms with E-state index in [0.717, 1.165) is 32.0 Å². The molecule has 0 amide bonds. The summed E-state index contributed by atoms with van der Waals surface area (Å²) >= 11 is 0. The number of aryl methyl sites for hydroxylation is 1. The van der Waals surface area contributed by atoms with Crippen molar-refractivity contribution in [3.63, 3.8) is 0 Å². The van der Waals surface area contributed by atoms with Gasteiger partial charge in [0, 0.05) is 32.2 Å². The van der Waals surface area contributed by atoms with Gasteiger partial charge in [-0.3, -0.25) is 4.90 Å². The Hall–Kier alpha value is -0.940. The van der Waals surface area contributed by atoms with E-state index in [9.17, 15) is 0 Å². The van der Waals surface area contributed by atoms with Gasteiger partial charge in [0.25, 0.3) is 0 Å². The molecule has 78 valence electrons. The van der Waals surface area contributed by atoms with Gasteiger partial charge in [0.05, 0.1) is 6.54 Å². The van der Waals surface area contributed by atoms with Crippen LogP contribution in [0.5, 0.6) is 0 Å². The van der Waals surface area contributed by atoms with Crippen molar-refractivity contribution in [1.29, 1.82) is 0 Å². The third-order valence-electron chi connectivity index (χ3n) is 2.65. The minimum atomic E-state index is 0.303. The molecule has 1 N–H and O–H groups in total. The second kappa shape index (κ2) is 4.06. The molecule has 14 heavy (non-hydrogen) atoms. The third kappa shape index (κ3) is 1.78. The first-order chi connectivity index (χ1) is 6.83. The average Bonchev–Trinajstić information content (AvgIpc) is 2.57. The Morgan fingerprint density at radius 3 is 3.00 bits per heavy atom. The lowest BCUT2D eigenvalue weighted by Gasteiger charge is -2.37. The normalized spacial score (nSPS) is 18.4. The van der Waals surface area contributed by atoms with Gasteiger partial charge >= 0.3 is 0 Å². The number of aliphatic hydroxyl groups excluding tert-OH is 1. The smallest absolute Gasteiger partial charge is 0.140 e. The highest BCUT2D eigenvalue weighted by Gasteiger charge is 2.26. The predicted octanol–water partition coefficient (Wildman–Crippen LogP) is -0.278. The molecule has 1 aliphatic rings. The van der Waals surface area contributed by atoms with Crippen molar-refractivity contribution < 1.29 is 5.11 Å². The van der Waals surface area contributed by atoms with Crippen LogP contribution in [-0.4, -0.2) is 44.5 Å². The summed E-state index contributed by atoms with van der Waals surface area (Å²) in [5.41, 5.74) is 0. The molecule has 0 bridgehead atoms. The maximum atomic E-state index is 8.87. The molecular formula is C9H16N4O. The number of hydrogen-bond acceptors (Lipinski definition) is 4. The second-order valence-electron chi connectivity index (χ2n) is 3.73. The molecule has 1 fully saturated rings. The highest BCUT2D eigenvalue weighted by molar-refractivity contribution is 4.89. The zero-order chi connectivity index (χ0) is 9.97. The first-order valence-electron chi connectivity index (χ1n) is 5.03. The highest BCUT2D eigenvalue weighted by Crippen LogP contribution is 2.16. The van der Waals surface area contributed by atoms with Gasteiger partial charge in [0.2, 0.25) is 0 Å². The van der Waals surface area contributed by atoms with Crippen LogP contribution in [0.4, 0.5) is 0 Å². The summed E-state index contributed by atoms with van der Waals surface area (Å²) in [6, 6.07) is 0. The fourth-order valence-corrected chi connectivity index (χ4v) is 1.80. The Morgan fingerprint density at radius 1 is 1.57 bits per heavy atom. The second-order valence-corrected chi connectivity index (χ2v) is 3.73. The highest BCUT2D eigenvalue weighted by atomic mass is 16.3. The van der Waals surface area contributed by atoms with E-state index >= 15 is 0 Å². The van der Waals surface area contributed by atoms with Gasteiger partial charge in [-0.15, -0.1) is 0 Å². The molecule has 1 aromatic rings. The largest absolute Gasteiger partial charge is 0.396 e. The zero-order valence-electron chi connectivity index (χ0n) is 8.43. The lowest BCUT2D eigenvalue weighted by Crippen LogP contribution is -2.47. The van der Waals surface area contributed by atoms with Crippen LogP contribution >= 0.6 is 0 Å². The van der Waals surface area contributed by atoms with Crippen molar-refractivity contribution in [3.8, 4) is 0 Å². The minimum Gasteiger partial charge on any atom is -0.396 e. The van der Waals surface area contributed by atoms with Gasteiger partial charge in [0.1, 0.15) is 12.2 Å². The molecule has 5 nitrogen and oxygen atoms in total. The van der Waals surface area contributed by atoms with Crippen LogP contribution in [0.15, 0.2) is 6.33 Å². The third-order valence-corrected chi connectivity index (χ3v) is 2.65. The molecule has 0 aromatic carbocycles. The SMILES string of the molecule is CCn1ncnc1CN1CC(CO)C1. The lowest BCUT2D eigenvalue weighted by atomic mass is 10.0. The summed E-state index contributed by atoms with van der Waals surface area (Å²) in [4.78, 5) is 6.48. The van der Waals surface area contributed by atoms with Crippen LogP contribution in [-0.2, 0) is 13.1 Å². The Balaban J connectivity index is 1.86. The molecule has 0 radical (unpaired) electrons. The van der Waals surface area contributed by atoms with Gasteiger partial charge in [0.15, 0.2) is 0 Å². The Kier molecular flexibility index (Phi) is 2.79. The first kappa shape index (κ1) is 9.61. The summed E-state index contributed by atoms with van der Waals surface area (Å²) in [6.45, 7) is 6.04. The van der Waals surface area contributed by atoms with Gasteiger partial charge in [-0.1, -0.05) is 0 Å². The Labute approximate surface area is 83.4 Å². The van der Waals surface area contributed by atoms with E-state index in [-0.39, 0.29) is 0 Å². The summed E-state index contributed by atoms with van der Waals surface area (Å²) in [6.07, 6.45) is 1.60. The molecule has 1 aliphatic heterocycles. The van der Waals surface area contributed by atoms with Crippen molar-refractivity contribution in [2.24, 2.45) is 5.92 Å². The minimum absolute atomic E-state index is 0.303. The Morgan fingerprint density at radius 2 is 2.36 bits per heavy atom. The molecule has 0 aliphatic carbocycles. The van der Waals surface area contributed by atoms with Crippen LogP contribution in [0.2, 0.25) is 0 Å². The van der Waals surface area contributed by atoms with E-state index in [1.807, 2.05) is 4.68 Å². The van der Waals surface area contributed by atoms with E-state index in [4.69, 9.17) is 5.11 Å². The zero-order valence-corrected chi connectivity index (χ0v) is 8.43. The van der Waals surface area contributed by atoms with Crippen molar-refractivity contribution >= 4 is 0 Å². The number of nitrogens with zero attached hydrogens (tertiary/aromatic N) is 4. The van der Waals surface area contributed by atoms with Crippen molar-refractivity contribution in [2.45, 2.75) is 20.0 Å². The van der Waals surface area contributed by atoms with Crippen molar-refractivity contribution in [1.82, 2.24) is 19.7 Å². The standard InChI is InChI=1S/C9H16N4O/c1-2-13-9(10-7-11-13)5-12-3-8(4-12)6-14/h7-8,14H,2-6H2,1H3. The monoisotopic (exact) mass is 196 g/mol. The lowest BCUT2D eigenvalue weighted by molar-refractivity contribution is 0.0449. The topological polar surface area (TPSA) is 54.2 Å². The molecule has 0 saturated carbocycles. The van der Waals surface area contributed by atoms with Crippen LogP contribution < -0.4 is 0 Å². The van der Waals surface area contributed by atoms with Crippen LogP contribution in [0, 0.1) is 5.92 Å². The summed E-state index contributed by atoms with van der Waals surface area (Å²) < 4.78 is 1.91. The molecular weight excluding hydrogens is 180 g/mol. The van der Waals surface area contributed by atoms with Gasteiger partial charge in [-0.05, 0) is 6.92 Å². The van der Waals surface area contributed by atoms with E-state index in [0.29, 0.717) is 12.5 Å². The van der Waals surface area contributed by atoms with Crippen molar-refractivity contribution in [3.05, 3.63) is 12.2 Å². The molecule has 5 heteroatoms. The molecule has 0 atom stereocenters. The predicted molar refractivity (Wildman–Crippen MR) is 51.5 cm³/mol. The molecule has 1 saturated heterocycles. The summed E-state index contributed by atoms with van der Waals surface area (Å²) in [5.74, 6) is 1.48. The average molecular weight is 196 g/mol. The number of likely N-dealkylation sites (tertiary alicyclic amines) is 1. The molecule has 2 heterocycles. The first-order valence-corrected chi connectivity index (χ1v) is 5.03. The summed E-state index contributed by atoms with van der Waals surface area (Å²) in [5, 5.41) is 13.0. The molecule has 2 rings (SSSR count). The Bertz CT molecular complexity index is 293. The van der Waals surface area contributed by atoms with E-state index < -0.39 is 0 Å². The quantitative estimate of drug-likeness (QED) is 0.719. The van der Waals surface area contributed by atoms with E-state index in [1.54, 1.807) is 6.33 Å². The van der Waals surface area contributed by atoms with Crippen LogP contribution in [0.1, 0.15) is 12.7 Å². The fourth-order valence-electron chi connectivity index (χ4n) is 1.80.